The van der Waals surface area contributed by atoms with Gasteiger partial charge in [-0.15, -0.1) is 0 Å². The number of aldehydes is 1. The van der Waals surface area contributed by atoms with Gasteiger partial charge in [-0.25, -0.2) is 0 Å². The maximum Gasteiger partial charge on any atom is 0.142 e. The van der Waals surface area contributed by atoms with E-state index in [2.05, 4.69) is 6.58 Å². The minimum Gasteiger partial charge on any atom is -0.397 e. The number of hydrogen-bond donors (Lipinski definition) is 1. The maximum atomic E-state index is 9.06. The van der Waals surface area contributed by atoms with E-state index in [0.29, 0.717) is 6.29 Å². The number of allylic oxidation sites excluding steroid dienone is 1. The minimum atomic E-state index is 0.250. The number of carbonyl (C=O) groups is 1. The van der Waals surface area contributed by atoms with Crippen LogP contribution in [0.4, 0.5) is 0 Å². The minimum absolute atomic E-state index is 0.250. The van der Waals surface area contributed by atoms with Crippen LogP contribution in [0.15, 0.2) is 12.7 Å². The fourth-order valence-corrected chi connectivity index (χ4v) is 0. The lowest BCUT2D eigenvalue weighted by molar-refractivity contribution is -0.104. The highest BCUT2D eigenvalue weighted by molar-refractivity contribution is 5.63. The first-order valence-corrected chi connectivity index (χ1v) is 2.00. The molecule has 2 nitrogen and oxygen atoms in total. The molecule has 1 N–H and O–H groups in total. The predicted molar refractivity (Wildman–Crippen MR) is 29.0 cm³/mol. The van der Waals surface area contributed by atoms with E-state index in [1.165, 1.54) is 6.08 Å². The first-order chi connectivity index (χ1) is 3.33. The van der Waals surface area contributed by atoms with Crippen molar-refractivity contribution in [2.45, 2.75) is 6.92 Å². The summed E-state index contributed by atoms with van der Waals surface area (Å²) >= 11 is 0. The largest absolute Gasteiger partial charge is 0.397 e. The van der Waals surface area contributed by atoms with Crippen molar-refractivity contribution in [3.8, 4) is 0 Å². The highest BCUT2D eigenvalue weighted by atomic mass is 16.2. The summed E-state index contributed by atoms with van der Waals surface area (Å²) in [7, 11) is 0. The maximum absolute atomic E-state index is 9.06. The van der Waals surface area contributed by atoms with Crippen LogP contribution < -0.4 is 0 Å². The van der Waals surface area contributed by atoms with Gasteiger partial charge >= 0.3 is 0 Å². The zero-order valence-electron chi connectivity index (χ0n) is 4.42. The molecule has 7 heavy (non-hydrogen) atoms. The predicted octanol–water partition coefficient (Wildman–Crippen LogP) is 0.370. The van der Waals surface area contributed by atoms with E-state index in [9.17, 15) is 0 Å². The van der Waals surface area contributed by atoms with Crippen molar-refractivity contribution in [3.63, 3.8) is 0 Å². The average molecular weight is 102 g/mol. The molecule has 0 heterocycles. The van der Waals surface area contributed by atoms with E-state index in [1.54, 1.807) is 6.92 Å². The molecule has 0 aliphatic rings. The summed E-state index contributed by atoms with van der Waals surface area (Å²) in [6, 6.07) is 0. The fourth-order valence-electron chi connectivity index (χ4n) is 0. The monoisotopic (exact) mass is 102 g/mol. The highest BCUT2D eigenvalue weighted by Gasteiger charge is 1.38. The van der Waals surface area contributed by atoms with Crippen molar-refractivity contribution in [1.29, 1.82) is 0 Å². The van der Waals surface area contributed by atoms with Gasteiger partial charge in [-0.05, 0) is 13.0 Å². The third-order valence-electron chi connectivity index (χ3n) is 0.0962. The lowest BCUT2D eigenvalue weighted by Gasteiger charge is -1.52. The van der Waals surface area contributed by atoms with Crippen LogP contribution in [-0.2, 0) is 4.79 Å². The number of carbonyl (C=O) groups excluding carboxylic acids is 1. The molecule has 0 rings (SSSR count). The van der Waals surface area contributed by atoms with Gasteiger partial charge in [-0.3, -0.25) is 4.79 Å². The Morgan fingerprint density at radius 2 is 2.00 bits per heavy atom. The first-order valence-electron chi connectivity index (χ1n) is 2.00. The van der Waals surface area contributed by atoms with Crippen LogP contribution in [0.1, 0.15) is 6.92 Å². The van der Waals surface area contributed by atoms with E-state index < -0.39 is 0 Å². The summed E-state index contributed by atoms with van der Waals surface area (Å²) in [5.41, 5.74) is 0. The summed E-state index contributed by atoms with van der Waals surface area (Å²) in [4.78, 5) is 9.06. The van der Waals surface area contributed by atoms with E-state index >= 15 is 0 Å². The Morgan fingerprint density at radius 1 is 1.86 bits per heavy atom. The van der Waals surface area contributed by atoms with Crippen molar-refractivity contribution < 1.29 is 9.90 Å². The van der Waals surface area contributed by atoms with Crippen molar-refractivity contribution in [3.05, 3.63) is 12.7 Å². The quantitative estimate of drug-likeness (QED) is 0.383. The SMILES string of the molecule is C=CC=O.CCO. The third kappa shape index (κ3) is 445. The van der Waals surface area contributed by atoms with E-state index in [0.717, 1.165) is 0 Å². The van der Waals surface area contributed by atoms with Gasteiger partial charge < -0.3 is 5.11 Å². The Kier molecular flexibility index (Phi) is 25.1. The zero-order chi connectivity index (χ0) is 6.12. The molecule has 0 aliphatic carbocycles. The van der Waals surface area contributed by atoms with Crippen molar-refractivity contribution in [1.82, 2.24) is 0 Å². The van der Waals surface area contributed by atoms with Crippen LogP contribution in [0, 0.1) is 0 Å². The number of aliphatic hydroxyl groups is 1. The Balaban J connectivity index is 0. The van der Waals surface area contributed by atoms with Crippen LogP contribution in [0.25, 0.3) is 0 Å². The lowest BCUT2D eigenvalue weighted by Crippen LogP contribution is -1.57. The normalized spacial score (nSPS) is 5.43. The van der Waals surface area contributed by atoms with Crippen LogP contribution in [-0.4, -0.2) is 18.0 Å². The summed E-state index contributed by atoms with van der Waals surface area (Å²) < 4.78 is 0. The van der Waals surface area contributed by atoms with Gasteiger partial charge in [0.1, 0.15) is 6.29 Å². The molecule has 0 atom stereocenters. The van der Waals surface area contributed by atoms with E-state index in [-0.39, 0.29) is 6.61 Å². The molecule has 0 spiro atoms. The van der Waals surface area contributed by atoms with Gasteiger partial charge in [0, 0.05) is 6.61 Å². The molecule has 0 saturated carbocycles. The van der Waals surface area contributed by atoms with Crippen LogP contribution >= 0.6 is 0 Å². The fraction of sp³-hybridized carbons (Fsp3) is 0.400. The molecule has 0 aromatic heterocycles. The highest BCUT2D eigenvalue weighted by Crippen LogP contribution is 1.35. The molecule has 0 saturated heterocycles. The summed E-state index contributed by atoms with van der Waals surface area (Å²) in [5, 5.41) is 7.57. The second kappa shape index (κ2) is 18.3. The molecule has 0 aliphatic heterocycles. The zero-order valence-corrected chi connectivity index (χ0v) is 4.42. The Bertz CT molecular complexity index is 35.3. The third-order valence-corrected chi connectivity index (χ3v) is 0.0962. The molecule has 0 fully saturated rings. The summed E-state index contributed by atoms with van der Waals surface area (Å²) in [6.07, 6.45) is 1.83. The van der Waals surface area contributed by atoms with Crippen molar-refractivity contribution in [2.75, 3.05) is 6.61 Å². The molecule has 0 radical (unpaired) electrons. The number of rotatable bonds is 1. The summed E-state index contributed by atoms with van der Waals surface area (Å²) in [5.74, 6) is 0. The van der Waals surface area contributed by atoms with Crippen molar-refractivity contribution >= 4 is 6.29 Å². The number of aliphatic hydroxyl groups excluding tert-OH is 1. The van der Waals surface area contributed by atoms with Crippen LogP contribution in [0.2, 0.25) is 0 Å². The van der Waals surface area contributed by atoms with Crippen LogP contribution in [0.3, 0.4) is 0 Å². The number of hydrogen-bond acceptors (Lipinski definition) is 2. The van der Waals surface area contributed by atoms with Gasteiger partial charge in [0.05, 0.1) is 0 Å². The summed E-state index contributed by atoms with van der Waals surface area (Å²) in [6.45, 7) is 5.04. The second-order valence-electron chi connectivity index (χ2n) is 0.688. The topological polar surface area (TPSA) is 37.3 Å². The Hall–Kier alpha value is -0.630. The second-order valence-corrected chi connectivity index (χ2v) is 0.688. The molecule has 2 heteroatoms. The Morgan fingerprint density at radius 3 is 2.00 bits per heavy atom. The lowest BCUT2D eigenvalue weighted by atomic mass is 10.8. The van der Waals surface area contributed by atoms with Gasteiger partial charge in [0.2, 0.25) is 0 Å². The molecule has 42 valence electrons. The Labute approximate surface area is 43.5 Å². The molecule has 0 aromatic carbocycles. The average Bonchev–Trinajstić information content (AvgIpc) is 1.69. The van der Waals surface area contributed by atoms with Gasteiger partial charge in [0.15, 0.2) is 0 Å². The van der Waals surface area contributed by atoms with Gasteiger partial charge in [-0.1, -0.05) is 6.58 Å². The molecule has 0 aromatic rings. The molecular formula is C5H10O2. The van der Waals surface area contributed by atoms with E-state index in [1.807, 2.05) is 0 Å². The first kappa shape index (κ1) is 9.62. The van der Waals surface area contributed by atoms with Crippen molar-refractivity contribution in [2.24, 2.45) is 0 Å². The molecule has 0 unspecified atom stereocenters. The van der Waals surface area contributed by atoms with Gasteiger partial charge in [-0.2, -0.15) is 0 Å². The molecule has 0 amide bonds. The van der Waals surface area contributed by atoms with Crippen LogP contribution in [0.5, 0.6) is 0 Å². The molecular weight excluding hydrogens is 92.1 g/mol. The van der Waals surface area contributed by atoms with Gasteiger partial charge in [0.25, 0.3) is 0 Å². The van der Waals surface area contributed by atoms with E-state index in [4.69, 9.17) is 9.90 Å². The molecule has 0 bridgehead atoms. The standard InChI is InChI=1S/C3H4O.C2H6O/c1-2-3-4;1-2-3/h2-3H,1H2;3H,2H2,1H3. The smallest absolute Gasteiger partial charge is 0.142 e.